The van der Waals surface area contributed by atoms with Crippen molar-refractivity contribution in [2.45, 2.75) is 82.3 Å². The largest absolute Gasteiger partial charge is 0.375 e. The molecule has 0 bridgehead atoms. The van der Waals surface area contributed by atoms with E-state index < -0.39 is 0 Å². The lowest BCUT2D eigenvalue weighted by molar-refractivity contribution is -0.123. The third-order valence-electron chi connectivity index (χ3n) is 7.13. The van der Waals surface area contributed by atoms with Crippen LogP contribution in [0.1, 0.15) is 70.6 Å². The van der Waals surface area contributed by atoms with Crippen LogP contribution in [-0.2, 0) is 4.74 Å². The Balaban J connectivity index is 1.44. The average Bonchev–Trinajstić information content (AvgIpc) is 3.24. The van der Waals surface area contributed by atoms with Crippen LogP contribution < -0.4 is 11.3 Å². The van der Waals surface area contributed by atoms with Crippen LogP contribution in [0.5, 0.6) is 0 Å². The average molecular weight is 292 g/mol. The van der Waals surface area contributed by atoms with Gasteiger partial charge in [-0.15, -0.1) is 0 Å². The Labute approximate surface area is 129 Å². The zero-order valence-electron chi connectivity index (χ0n) is 13.4. The molecule has 0 aromatic heterocycles. The maximum absolute atomic E-state index is 6.28. The summed E-state index contributed by atoms with van der Waals surface area (Å²) in [5.41, 5.74) is 3.48. The lowest BCUT2D eigenvalue weighted by Gasteiger charge is -2.45. The highest BCUT2D eigenvalue weighted by Crippen LogP contribution is 2.59. The number of fused-ring (bicyclic) bond motifs is 1. The van der Waals surface area contributed by atoms with Crippen LogP contribution in [0.2, 0.25) is 0 Å². The first-order valence-electron chi connectivity index (χ1n) is 9.43. The minimum atomic E-state index is 0.219. The number of hydrogen-bond donors (Lipinski definition) is 2. The summed E-state index contributed by atoms with van der Waals surface area (Å²) in [6.45, 7) is 0.963. The van der Waals surface area contributed by atoms with E-state index in [1.54, 1.807) is 0 Å². The van der Waals surface area contributed by atoms with Gasteiger partial charge in [-0.1, -0.05) is 32.1 Å². The number of hydrogen-bond acceptors (Lipinski definition) is 3. The van der Waals surface area contributed by atoms with Crippen molar-refractivity contribution in [1.82, 2.24) is 5.43 Å². The Hall–Kier alpha value is -0.120. The number of hydrazine groups is 1. The molecule has 4 rings (SSSR count). The molecule has 0 amide bonds. The van der Waals surface area contributed by atoms with E-state index in [-0.39, 0.29) is 5.60 Å². The summed E-state index contributed by atoms with van der Waals surface area (Å²) in [5, 5.41) is 0. The zero-order valence-corrected chi connectivity index (χ0v) is 13.4. The van der Waals surface area contributed by atoms with Crippen molar-refractivity contribution in [3.8, 4) is 0 Å². The van der Waals surface area contributed by atoms with Gasteiger partial charge in [-0.05, 0) is 62.2 Å². The Morgan fingerprint density at radius 3 is 2.33 bits per heavy atom. The highest BCUT2D eigenvalue weighted by Gasteiger charge is 2.56. The maximum atomic E-state index is 6.28. The quantitative estimate of drug-likeness (QED) is 0.619. The van der Waals surface area contributed by atoms with E-state index >= 15 is 0 Å². The topological polar surface area (TPSA) is 47.3 Å². The Kier molecular flexibility index (Phi) is 4.01. The van der Waals surface area contributed by atoms with Crippen molar-refractivity contribution in [3.05, 3.63) is 0 Å². The summed E-state index contributed by atoms with van der Waals surface area (Å²) < 4.78 is 6.28. The highest BCUT2D eigenvalue weighted by molar-refractivity contribution is 5.07. The van der Waals surface area contributed by atoms with Gasteiger partial charge in [0.2, 0.25) is 0 Å². The standard InChI is InChI=1S/C18H32N2O/c19-20-17(16-14-6-2-3-7-15(14)16)13-8-11-21-18(12-13)9-4-1-5-10-18/h13-17,20H,1-12,19H2. The molecule has 3 N–H and O–H groups in total. The van der Waals surface area contributed by atoms with E-state index in [1.807, 2.05) is 0 Å². The predicted octanol–water partition coefficient (Wildman–Crippen LogP) is 3.38. The molecular weight excluding hydrogens is 260 g/mol. The van der Waals surface area contributed by atoms with Crippen LogP contribution in [0.25, 0.3) is 0 Å². The van der Waals surface area contributed by atoms with E-state index in [4.69, 9.17) is 10.6 Å². The Bertz CT molecular complexity index is 349. The van der Waals surface area contributed by atoms with Gasteiger partial charge in [-0.25, -0.2) is 0 Å². The van der Waals surface area contributed by atoms with Crippen molar-refractivity contribution in [2.75, 3.05) is 6.61 Å². The van der Waals surface area contributed by atoms with Crippen LogP contribution in [0, 0.1) is 23.7 Å². The lowest BCUT2D eigenvalue weighted by atomic mass is 9.73. The smallest absolute Gasteiger partial charge is 0.0685 e. The summed E-state index contributed by atoms with van der Waals surface area (Å²) in [4.78, 5) is 0. The molecule has 1 heterocycles. The summed E-state index contributed by atoms with van der Waals surface area (Å²) >= 11 is 0. The predicted molar refractivity (Wildman–Crippen MR) is 84.5 cm³/mol. The molecule has 3 heteroatoms. The number of ether oxygens (including phenoxy) is 1. The van der Waals surface area contributed by atoms with E-state index in [1.165, 1.54) is 70.6 Å². The molecule has 0 aromatic rings. The Morgan fingerprint density at radius 1 is 0.952 bits per heavy atom. The van der Waals surface area contributed by atoms with Gasteiger partial charge in [0.25, 0.3) is 0 Å². The van der Waals surface area contributed by atoms with Crippen LogP contribution in [0.4, 0.5) is 0 Å². The second-order valence-electron chi connectivity index (χ2n) is 8.23. The highest BCUT2D eigenvalue weighted by atomic mass is 16.5. The van der Waals surface area contributed by atoms with Gasteiger partial charge in [0.15, 0.2) is 0 Å². The normalized spacial score (nSPS) is 43.3. The second kappa shape index (κ2) is 5.82. The Morgan fingerprint density at radius 2 is 1.67 bits per heavy atom. The molecule has 0 aromatic carbocycles. The first-order valence-corrected chi connectivity index (χ1v) is 9.43. The minimum absolute atomic E-state index is 0.219. The van der Waals surface area contributed by atoms with Gasteiger partial charge < -0.3 is 4.74 Å². The fourth-order valence-electron chi connectivity index (χ4n) is 6.06. The molecule has 3 nitrogen and oxygen atoms in total. The molecule has 4 atom stereocenters. The molecular formula is C18H32N2O. The number of rotatable bonds is 3. The first-order chi connectivity index (χ1) is 10.3. The van der Waals surface area contributed by atoms with Gasteiger partial charge in [0.05, 0.1) is 5.60 Å². The SMILES string of the molecule is NNC(C1CCOC2(CCCCC2)C1)C1C2CCCCC21. The zero-order chi connectivity index (χ0) is 14.3. The summed E-state index contributed by atoms with van der Waals surface area (Å²) in [5.74, 6) is 9.63. The summed E-state index contributed by atoms with van der Waals surface area (Å²) in [7, 11) is 0. The molecule has 3 saturated carbocycles. The first kappa shape index (κ1) is 14.5. The molecule has 120 valence electrons. The van der Waals surface area contributed by atoms with E-state index in [2.05, 4.69) is 5.43 Å². The third-order valence-corrected chi connectivity index (χ3v) is 7.13. The van der Waals surface area contributed by atoms with Gasteiger partial charge in [0.1, 0.15) is 0 Å². The van der Waals surface area contributed by atoms with Gasteiger partial charge in [0, 0.05) is 12.6 Å². The van der Waals surface area contributed by atoms with Crippen molar-refractivity contribution in [1.29, 1.82) is 0 Å². The van der Waals surface area contributed by atoms with Crippen molar-refractivity contribution < 1.29 is 4.74 Å². The van der Waals surface area contributed by atoms with Crippen LogP contribution in [0.15, 0.2) is 0 Å². The summed E-state index contributed by atoms with van der Waals surface area (Å²) in [6.07, 6.45) is 15.0. The van der Waals surface area contributed by atoms with Crippen LogP contribution >= 0.6 is 0 Å². The molecule has 4 fully saturated rings. The molecule has 4 unspecified atom stereocenters. The molecule has 1 aliphatic heterocycles. The molecule has 21 heavy (non-hydrogen) atoms. The van der Waals surface area contributed by atoms with Crippen molar-refractivity contribution >= 4 is 0 Å². The van der Waals surface area contributed by atoms with Gasteiger partial charge in [-0.3, -0.25) is 11.3 Å². The lowest BCUT2D eigenvalue weighted by Crippen LogP contribution is -2.50. The molecule has 0 radical (unpaired) electrons. The summed E-state index contributed by atoms with van der Waals surface area (Å²) in [6, 6.07) is 0.556. The molecule has 4 aliphatic rings. The van der Waals surface area contributed by atoms with E-state index in [0.717, 1.165) is 30.3 Å². The second-order valence-corrected chi connectivity index (χ2v) is 8.23. The third kappa shape index (κ3) is 2.66. The van der Waals surface area contributed by atoms with E-state index in [9.17, 15) is 0 Å². The van der Waals surface area contributed by atoms with E-state index in [0.29, 0.717) is 6.04 Å². The maximum Gasteiger partial charge on any atom is 0.0685 e. The molecule has 3 aliphatic carbocycles. The minimum Gasteiger partial charge on any atom is -0.375 e. The number of nitrogens with one attached hydrogen (secondary N) is 1. The van der Waals surface area contributed by atoms with Crippen LogP contribution in [-0.4, -0.2) is 18.2 Å². The fraction of sp³-hybridized carbons (Fsp3) is 1.00. The number of nitrogens with two attached hydrogens (primary N) is 1. The van der Waals surface area contributed by atoms with Crippen molar-refractivity contribution in [3.63, 3.8) is 0 Å². The fourth-order valence-corrected chi connectivity index (χ4v) is 6.06. The molecule has 1 spiro atoms. The van der Waals surface area contributed by atoms with Gasteiger partial charge >= 0.3 is 0 Å². The van der Waals surface area contributed by atoms with Crippen LogP contribution in [0.3, 0.4) is 0 Å². The van der Waals surface area contributed by atoms with Crippen molar-refractivity contribution in [2.24, 2.45) is 29.5 Å². The molecule has 1 saturated heterocycles. The van der Waals surface area contributed by atoms with Gasteiger partial charge in [-0.2, -0.15) is 0 Å². The monoisotopic (exact) mass is 292 g/mol.